The van der Waals surface area contributed by atoms with E-state index in [0.29, 0.717) is 6.07 Å². The first kappa shape index (κ1) is 23.9. The number of aromatic nitrogens is 1. The molecule has 0 bridgehead atoms. The molecule has 0 atom stereocenters. The SMILES string of the molecule is N#CC(C#N)=c1cc(C#N)/c(=C(/C#N)c2c(F)c(F)nc(C(F)(F)F)c2F)c(C#N)c1C#N. The highest BCUT2D eigenvalue weighted by molar-refractivity contribution is 5.82. The highest BCUT2D eigenvalue weighted by Crippen LogP contribution is 2.34. The first-order chi connectivity index (χ1) is 15.5. The van der Waals surface area contributed by atoms with Gasteiger partial charge in [-0.05, 0) is 6.07 Å². The van der Waals surface area contributed by atoms with Crippen LogP contribution in [0.2, 0.25) is 0 Å². The third-order valence-electron chi connectivity index (χ3n) is 4.08. The van der Waals surface area contributed by atoms with E-state index in [1.165, 1.54) is 30.3 Å². The molecule has 0 fully saturated rings. The number of pyridine rings is 1. The third-order valence-corrected chi connectivity index (χ3v) is 4.08. The molecule has 2 aromatic rings. The summed E-state index contributed by atoms with van der Waals surface area (Å²) in [6, 6.07) is 8.79. The first-order valence-corrected chi connectivity index (χ1v) is 8.00. The summed E-state index contributed by atoms with van der Waals surface area (Å²) in [6.45, 7) is 0. The number of hydrogen-bond acceptors (Lipinski definition) is 7. The van der Waals surface area contributed by atoms with Gasteiger partial charge in [-0.3, -0.25) is 0 Å². The summed E-state index contributed by atoms with van der Waals surface area (Å²) in [4.78, 5) is 2.17. The van der Waals surface area contributed by atoms with Gasteiger partial charge >= 0.3 is 6.18 Å². The predicted molar refractivity (Wildman–Crippen MR) is 91.7 cm³/mol. The number of hydrogen-bond donors (Lipinski definition) is 0. The number of benzene rings is 1. The molecule has 33 heavy (non-hydrogen) atoms. The van der Waals surface area contributed by atoms with Gasteiger partial charge in [-0.25, -0.2) is 13.8 Å². The van der Waals surface area contributed by atoms with Crippen molar-refractivity contribution in [2.75, 3.05) is 0 Å². The molecule has 0 saturated carbocycles. The Morgan fingerprint density at radius 1 is 0.788 bits per heavy atom. The molecule has 0 saturated heterocycles. The van der Waals surface area contributed by atoms with Crippen LogP contribution in [-0.4, -0.2) is 4.98 Å². The van der Waals surface area contributed by atoms with Crippen LogP contribution in [0.15, 0.2) is 6.07 Å². The fraction of sp³-hybridized carbons (Fsp3) is 0.0500. The smallest absolute Gasteiger partial charge is 0.209 e. The maximum atomic E-state index is 14.6. The second kappa shape index (κ2) is 8.78. The molecule has 1 aromatic carbocycles. The second-order valence-corrected chi connectivity index (χ2v) is 5.77. The first-order valence-electron chi connectivity index (χ1n) is 8.00. The molecule has 13 heteroatoms. The number of alkyl halides is 3. The van der Waals surface area contributed by atoms with Gasteiger partial charge in [0, 0.05) is 10.4 Å². The predicted octanol–water partition coefficient (Wildman–Crippen LogP) is 2.05. The number of nitriles is 6. The highest BCUT2D eigenvalue weighted by atomic mass is 19.4. The van der Waals surface area contributed by atoms with E-state index in [1.807, 2.05) is 0 Å². The Morgan fingerprint density at radius 3 is 1.79 bits per heavy atom. The lowest BCUT2D eigenvalue weighted by molar-refractivity contribution is -0.144. The van der Waals surface area contributed by atoms with Crippen LogP contribution in [0.4, 0.5) is 26.3 Å². The number of rotatable bonds is 1. The van der Waals surface area contributed by atoms with E-state index >= 15 is 0 Å². The molecule has 0 N–H and O–H groups in total. The Labute approximate surface area is 179 Å². The quantitative estimate of drug-likeness (QED) is 0.473. The van der Waals surface area contributed by atoms with Gasteiger partial charge in [0.25, 0.3) is 0 Å². The van der Waals surface area contributed by atoms with Gasteiger partial charge in [-0.2, -0.15) is 49.1 Å². The van der Waals surface area contributed by atoms with E-state index in [-0.39, 0.29) is 0 Å². The van der Waals surface area contributed by atoms with Crippen LogP contribution in [0.1, 0.15) is 27.9 Å². The summed E-state index contributed by atoms with van der Waals surface area (Å²) in [6.07, 6.45) is -5.62. The van der Waals surface area contributed by atoms with E-state index in [2.05, 4.69) is 4.98 Å². The van der Waals surface area contributed by atoms with Gasteiger partial charge in [0.1, 0.15) is 35.9 Å². The van der Waals surface area contributed by atoms with E-state index in [1.54, 1.807) is 0 Å². The lowest BCUT2D eigenvalue weighted by Crippen LogP contribution is -2.27. The van der Waals surface area contributed by atoms with E-state index in [0.717, 1.165) is 6.07 Å². The van der Waals surface area contributed by atoms with Crippen molar-refractivity contribution in [3.8, 4) is 36.4 Å². The number of nitrogens with zero attached hydrogens (tertiary/aromatic N) is 7. The van der Waals surface area contributed by atoms with Crippen LogP contribution in [0, 0.1) is 85.6 Å². The monoisotopic (exact) mass is 453 g/mol. The lowest BCUT2D eigenvalue weighted by Gasteiger charge is -2.12. The van der Waals surface area contributed by atoms with Crippen molar-refractivity contribution < 1.29 is 26.3 Å². The Balaban J connectivity index is 3.44. The minimum atomic E-state index is -5.62. The molecule has 0 spiro atoms. The van der Waals surface area contributed by atoms with Crippen molar-refractivity contribution >= 4 is 11.1 Å². The van der Waals surface area contributed by atoms with Crippen molar-refractivity contribution in [3.05, 3.63) is 62.0 Å². The van der Waals surface area contributed by atoms with Crippen molar-refractivity contribution in [2.24, 2.45) is 0 Å². The topological polar surface area (TPSA) is 156 Å². The molecule has 0 unspecified atom stereocenters. The van der Waals surface area contributed by atoms with Crippen molar-refractivity contribution in [2.45, 2.75) is 6.18 Å². The van der Waals surface area contributed by atoms with Gasteiger partial charge in [-0.1, -0.05) is 0 Å². The fourth-order valence-corrected chi connectivity index (χ4v) is 2.76. The van der Waals surface area contributed by atoms with Crippen LogP contribution < -0.4 is 10.4 Å². The molecule has 7 nitrogen and oxygen atoms in total. The van der Waals surface area contributed by atoms with Crippen LogP contribution in [-0.2, 0) is 6.18 Å². The fourth-order valence-electron chi connectivity index (χ4n) is 2.76. The average molecular weight is 453 g/mol. The maximum Gasteiger partial charge on any atom is 0.436 e. The van der Waals surface area contributed by atoms with Gasteiger partial charge in [0.2, 0.25) is 5.95 Å². The standard InChI is InChI=1S/C20HF6N7/c21-16-15(17(22)19(23)33-18(16)20(24,25)26)13(7-32)14-8(2-27)1-10(9(3-28)4-29)11(5-30)12(14)6-31/h1H/b14-13+. The molecule has 0 aliphatic heterocycles. The summed E-state index contributed by atoms with van der Waals surface area (Å²) in [5.74, 6) is -7.26. The van der Waals surface area contributed by atoms with Gasteiger partial charge in [0.05, 0.1) is 33.9 Å². The Kier molecular flexibility index (Phi) is 6.36. The van der Waals surface area contributed by atoms with Crippen LogP contribution in [0.5, 0.6) is 0 Å². The molecule has 1 heterocycles. The maximum absolute atomic E-state index is 14.6. The Bertz CT molecular complexity index is 1580. The van der Waals surface area contributed by atoms with Crippen molar-refractivity contribution in [1.29, 1.82) is 31.6 Å². The molecule has 0 amide bonds. The van der Waals surface area contributed by atoms with E-state index in [9.17, 15) is 47.4 Å². The van der Waals surface area contributed by atoms with Gasteiger partial charge < -0.3 is 0 Å². The molecule has 2 rings (SSSR count). The molecule has 1 aromatic heterocycles. The largest absolute Gasteiger partial charge is 0.436 e. The minimum absolute atomic E-state index is 0.547. The van der Waals surface area contributed by atoms with Crippen molar-refractivity contribution in [1.82, 2.24) is 4.98 Å². The molecule has 0 radical (unpaired) electrons. The zero-order valence-corrected chi connectivity index (χ0v) is 15.5. The average Bonchev–Trinajstić information content (AvgIpc) is 2.78. The zero-order chi connectivity index (χ0) is 25.1. The minimum Gasteiger partial charge on any atom is -0.209 e. The number of halogens is 6. The summed E-state index contributed by atoms with van der Waals surface area (Å²) in [5.41, 5.74) is -9.14. The Hall–Kier alpha value is -5.37. The van der Waals surface area contributed by atoms with Crippen molar-refractivity contribution in [3.63, 3.8) is 0 Å². The normalized spacial score (nSPS) is 11.0. The molecule has 158 valence electrons. The third kappa shape index (κ3) is 3.87. The summed E-state index contributed by atoms with van der Waals surface area (Å²) >= 11 is 0. The van der Waals surface area contributed by atoms with Crippen LogP contribution in [0.3, 0.4) is 0 Å². The molecule has 0 aliphatic rings. The summed E-state index contributed by atoms with van der Waals surface area (Å²) < 4.78 is 81.9. The summed E-state index contributed by atoms with van der Waals surface area (Å²) in [7, 11) is 0. The van der Waals surface area contributed by atoms with Gasteiger partial charge in [-0.15, -0.1) is 0 Å². The van der Waals surface area contributed by atoms with Gasteiger partial charge in [0.15, 0.2) is 17.3 Å². The Morgan fingerprint density at radius 2 is 1.36 bits per heavy atom. The van der Waals surface area contributed by atoms with E-state index < -0.39 is 73.3 Å². The van der Waals surface area contributed by atoms with Crippen LogP contribution >= 0.6 is 0 Å². The van der Waals surface area contributed by atoms with E-state index in [4.69, 9.17) is 10.5 Å². The van der Waals surface area contributed by atoms with Crippen LogP contribution in [0.25, 0.3) is 11.1 Å². The molecular formula is C20HF6N7. The second-order valence-electron chi connectivity index (χ2n) is 5.77. The molecular weight excluding hydrogens is 452 g/mol. The lowest BCUT2D eigenvalue weighted by atomic mass is 9.92. The summed E-state index contributed by atoms with van der Waals surface area (Å²) in [5, 5.41) is 54.4. The highest BCUT2D eigenvalue weighted by Gasteiger charge is 2.40. The molecule has 0 aliphatic carbocycles. The zero-order valence-electron chi connectivity index (χ0n) is 15.5.